The summed E-state index contributed by atoms with van der Waals surface area (Å²) < 4.78 is 13.1. The zero-order valence-corrected chi connectivity index (χ0v) is 10.3. The van der Waals surface area contributed by atoms with Gasteiger partial charge in [0.15, 0.2) is 0 Å². The molecule has 1 heterocycles. The minimum Gasteiger partial charge on any atom is -0.351 e. The average Bonchev–Trinajstić information content (AvgIpc) is 2.91. The number of rotatable bonds is 5. The van der Waals surface area contributed by atoms with Crippen molar-refractivity contribution in [1.82, 2.24) is 15.3 Å². The maximum absolute atomic E-state index is 13.1. The maximum atomic E-state index is 13.1. The Hall–Kier alpha value is -2.77. The molecule has 104 valence electrons. The highest BCUT2D eigenvalue weighted by Crippen LogP contribution is 2.19. The van der Waals surface area contributed by atoms with Crippen LogP contribution in [0, 0.1) is 15.9 Å². The molecule has 2 N–H and O–H groups in total. The summed E-state index contributed by atoms with van der Waals surface area (Å²) in [5.74, 6) is -1.38. The number of H-pyrrole nitrogens is 1. The van der Waals surface area contributed by atoms with Crippen molar-refractivity contribution in [3.8, 4) is 0 Å². The lowest BCUT2D eigenvalue weighted by Crippen LogP contribution is -2.26. The van der Waals surface area contributed by atoms with Crippen LogP contribution >= 0.6 is 0 Å². The van der Waals surface area contributed by atoms with E-state index in [1.165, 1.54) is 6.33 Å². The van der Waals surface area contributed by atoms with Crippen LogP contribution < -0.4 is 5.32 Å². The molecule has 0 unspecified atom stereocenters. The molecule has 0 fully saturated rings. The summed E-state index contributed by atoms with van der Waals surface area (Å²) in [5.41, 5.74) is 0.101. The Bertz CT molecular complexity index is 628. The molecule has 7 nitrogen and oxygen atoms in total. The van der Waals surface area contributed by atoms with E-state index in [0.29, 0.717) is 6.42 Å². The summed E-state index contributed by atoms with van der Waals surface area (Å²) in [4.78, 5) is 28.6. The minimum atomic E-state index is -0.719. The van der Waals surface area contributed by atoms with Crippen molar-refractivity contribution in [3.05, 3.63) is 57.9 Å². The van der Waals surface area contributed by atoms with E-state index in [9.17, 15) is 19.3 Å². The number of nitrogens with zero attached hydrogens (tertiary/aromatic N) is 2. The van der Waals surface area contributed by atoms with E-state index in [1.807, 2.05) is 0 Å². The van der Waals surface area contributed by atoms with Crippen molar-refractivity contribution in [1.29, 1.82) is 0 Å². The van der Waals surface area contributed by atoms with E-state index in [4.69, 9.17) is 0 Å². The summed E-state index contributed by atoms with van der Waals surface area (Å²) in [6.45, 7) is 0.259. The molecular formula is C12H11FN4O3. The molecule has 1 aromatic heterocycles. The van der Waals surface area contributed by atoms with E-state index < -0.39 is 22.3 Å². The van der Waals surface area contributed by atoms with Crippen LogP contribution in [-0.2, 0) is 6.42 Å². The van der Waals surface area contributed by atoms with Crippen molar-refractivity contribution in [2.45, 2.75) is 6.42 Å². The molecule has 0 saturated heterocycles. The first kappa shape index (κ1) is 13.7. The van der Waals surface area contributed by atoms with Gasteiger partial charge in [0.1, 0.15) is 11.4 Å². The third-order valence-corrected chi connectivity index (χ3v) is 2.63. The van der Waals surface area contributed by atoms with Crippen LogP contribution in [0.4, 0.5) is 10.1 Å². The normalized spacial score (nSPS) is 10.2. The van der Waals surface area contributed by atoms with Crippen molar-refractivity contribution >= 4 is 11.6 Å². The van der Waals surface area contributed by atoms with Gasteiger partial charge in [0.2, 0.25) is 0 Å². The van der Waals surface area contributed by atoms with Crippen LogP contribution in [0.1, 0.15) is 16.1 Å². The lowest BCUT2D eigenvalue weighted by Gasteiger charge is -2.05. The first-order chi connectivity index (χ1) is 9.58. The van der Waals surface area contributed by atoms with Crippen LogP contribution in [0.15, 0.2) is 30.7 Å². The van der Waals surface area contributed by atoms with Gasteiger partial charge >= 0.3 is 0 Å². The predicted molar refractivity (Wildman–Crippen MR) is 67.7 cm³/mol. The van der Waals surface area contributed by atoms with Crippen LogP contribution in [-0.4, -0.2) is 27.3 Å². The highest BCUT2D eigenvalue weighted by molar-refractivity contribution is 5.98. The number of nitrogens with one attached hydrogen (secondary N) is 2. The maximum Gasteiger partial charge on any atom is 0.282 e. The van der Waals surface area contributed by atoms with E-state index >= 15 is 0 Å². The van der Waals surface area contributed by atoms with Crippen molar-refractivity contribution in [2.75, 3.05) is 6.54 Å². The van der Waals surface area contributed by atoms with Gasteiger partial charge in [-0.3, -0.25) is 14.9 Å². The Labute approximate surface area is 113 Å². The molecule has 0 aliphatic carbocycles. The molecule has 0 aliphatic heterocycles. The first-order valence-corrected chi connectivity index (χ1v) is 5.77. The quantitative estimate of drug-likeness (QED) is 0.638. The third-order valence-electron chi connectivity index (χ3n) is 2.63. The van der Waals surface area contributed by atoms with Crippen molar-refractivity contribution < 1.29 is 14.1 Å². The molecule has 1 aromatic carbocycles. The fraction of sp³-hybridized carbons (Fsp3) is 0.167. The Morgan fingerprint density at radius 1 is 1.50 bits per heavy atom. The fourth-order valence-corrected chi connectivity index (χ4v) is 1.68. The van der Waals surface area contributed by atoms with Gasteiger partial charge in [-0.1, -0.05) is 0 Å². The number of aromatic nitrogens is 2. The summed E-state index contributed by atoms with van der Waals surface area (Å²) >= 11 is 0. The Balaban J connectivity index is 2.05. The van der Waals surface area contributed by atoms with Crippen LogP contribution in [0.5, 0.6) is 0 Å². The monoisotopic (exact) mass is 278 g/mol. The van der Waals surface area contributed by atoms with Gasteiger partial charge < -0.3 is 10.3 Å². The molecule has 8 heteroatoms. The smallest absolute Gasteiger partial charge is 0.282 e. The number of amides is 1. The van der Waals surface area contributed by atoms with Crippen molar-refractivity contribution in [3.63, 3.8) is 0 Å². The summed E-state index contributed by atoms with van der Waals surface area (Å²) in [6, 6.07) is 2.77. The molecule has 0 bridgehead atoms. The molecule has 0 spiro atoms. The van der Waals surface area contributed by atoms with Gasteiger partial charge in [-0.05, 0) is 12.1 Å². The zero-order valence-electron chi connectivity index (χ0n) is 10.3. The molecule has 0 radical (unpaired) electrons. The number of aromatic amines is 1. The lowest BCUT2D eigenvalue weighted by molar-refractivity contribution is -0.385. The fourth-order valence-electron chi connectivity index (χ4n) is 1.68. The van der Waals surface area contributed by atoms with E-state index in [-0.39, 0.29) is 12.1 Å². The average molecular weight is 278 g/mol. The first-order valence-electron chi connectivity index (χ1n) is 5.77. The molecule has 2 aromatic rings. The van der Waals surface area contributed by atoms with E-state index in [2.05, 4.69) is 15.3 Å². The van der Waals surface area contributed by atoms with Gasteiger partial charge in [-0.2, -0.15) is 0 Å². The second-order valence-electron chi connectivity index (χ2n) is 4.00. The van der Waals surface area contributed by atoms with Gasteiger partial charge in [0.25, 0.3) is 11.6 Å². The standard InChI is InChI=1S/C12H11FN4O3/c13-8-1-2-11(17(19)20)10(5-8)12(18)15-4-3-9-6-14-7-16-9/h1-2,5-7H,3-4H2,(H,14,16)(H,15,18). The van der Waals surface area contributed by atoms with Crippen molar-refractivity contribution in [2.24, 2.45) is 0 Å². The number of carbonyl (C=O) groups excluding carboxylic acids is 1. The largest absolute Gasteiger partial charge is 0.351 e. The van der Waals surface area contributed by atoms with Crippen LogP contribution in [0.3, 0.4) is 0 Å². The summed E-state index contributed by atoms with van der Waals surface area (Å²) in [6.07, 6.45) is 3.61. The zero-order chi connectivity index (χ0) is 14.5. The number of carbonyl (C=O) groups is 1. The van der Waals surface area contributed by atoms with Gasteiger partial charge in [-0.15, -0.1) is 0 Å². The molecule has 0 saturated carbocycles. The third kappa shape index (κ3) is 3.16. The van der Waals surface area contributed by atoms with Gasteiger partial charge in [-0.25, -0.2) is 9.37 Å². The van der Waals surface area contributed by atoms with Gasteiger partial charge in [0, 0.05) is 30.9 Å². The number of nitro groups is 1. The van der Waals surface area contributed by atoms with Crippen LogP contribution in [0.25, 0.3) is 0 Å². The second-order valence-corrected chi connectivity index (χ2v) is 4.00. The number of benzene rings is 1. The Morgan fingerprint density at radius 2 is 2.30 bits per heavy atom. The lowest BCUT2D eigenvalue weighted by atomic mass is 10.1. The number of hydrogen-bond acceptors (Lipinski definition) is 4. The highest BCUT2D eigenvalue weighted by Gasteiger charge is 2.20. The number of hydrogen-bond donors (Lipinski definition) is 2. The van der Waals surface area contributed by atoms with E-state index in [0.717, 1.165) is 23.9 Å². The summed E-state index contributed by atoms with van der Waals surface area (Å²) in [7, 11) is 0. The number of halogens is 1. The van der Waals surface area contributed by atoms with Gasteiger partial charge in [0.05, 0.1) is 11.3 Å². The second kappa shape index (κ2) is 5.91. The van der Waals surface area contributed by atoms with E-state index in [1.54, 1.807) is 6.20 Å². The summed E-state index contributed by atoms with van der Waals surface area (Å²) in [5, 5.41) is 13.3. The number of nitro benzene ring substituents is 1. The molecule has 1 amide bonds. The minimum absolute atomic E-state index is 0.259. The highest BCUT2D eigenvalue weighted by atomic mass is 19.1. The Kier molecular flexibility index (Phi) is 4.04. The SMILES string of the molecule is O=C(NCCc1cnc[nH]1)c1cc(F)ccc1[N+](=O)[O-]. The molecule has 0 aliphatic rings. The topological polar surface area (TPSA) is 101 Å². The molecular weight excluding hydrogens is 267 g/mol. The number of imidazole rings is 1. The Morgan fingerprint density at radius 3 is 2.95 bits per heavy atom. The van der Waals surface area contributed by atoms with Crippen LogP contribution in [0.2, 0.25) is 0 Å². The predicted octanol–water partition coefficient (Wildman–Crippen LogP) is 1.43. The molecule has 2 rings (SSSR count). The molecule has 20 heavy (non-hydrogen) atoms. The molecule has 0 atom stereocenters.